The Balaban J connectivity index is 2.62. The van der Waals surface area contributed by atoms with Crippen molar-refractivity contribution in [3.63, 3.8) is 0 Å². The average molecular weight is 258 g/mol. The average Bonchev–Trinajstić information content (AvgIpc) is 2.37. The van der Waals surface area contributed by atoms with Gasteiger partial charge in [0.2, 0.25) is 0 Å². The zero-order valence-corrected chi connectivity index (χ0v) is 11.0. The number of benzene rings is 1. The fourth-order valence-corrected chi connectivity index (χ4v) is 1.93. The van der Waals surface area contributed by atoms with Gasteiger partial charge in [-0.3, -0.25) is 0 Å². The van der Waals surface area contributed by atoms with Gasteiger partial charge in [0.15, 0.2) is 0 Å². The quantitative estimate of drug-likeness (QED) is 0.915. The number of ether oxygens (including phenoxy) is 1. The summed E-state index contributed by atoms with van der Waals surface area (Å²) in [5, 5.41) is 9.29. The molecule has 2 aromatic rings. The number of aromatic carboxylic acids is 1. The van der Waals surface area contributed by atoms with E-state index in [2.05, 4.69) is 9.97 Å². The van der Waals surface area contributed by atoms with Gasteiger partial charge in [-0.2, -0.15) is 0 Å². The lowest BCUT2D eigenvalue weighted by Gasteiger charge is -2.09. The molecule has 0 fully saturated rings. The van der Waals surface area contributed by atoms with Gasteiger partial charge >= 0.3 is 5.97 Å². The van der Waals surface area contributed by atoms with Crippen LogP contribution in [0.1, 0.15) is 21.9 Å². The van der Waals surface area contributed by atoms with E-state index in [0.29, 0.717) is 23.0 Å². The molecular weight excluding hydrogens is 244 g/mol. The third-order valence-electron chi connectivity index (χ3n) is 2.78. The fourth-order valence-electron chi connectivity index (χ4n) is 1.93. The number of aryl methyl sites for hydroxylation is 2. The van der Waals surface area contributed by atoms with Gasteiger partial charge in [0.05, 0.1) is 18.5 Å². The lowest BCUT2D eigenvalue weighted by Crippen LogP contribution is -2.08. The van der Waals surface area contributed by atoms with Gasteiger partial charge in [-0.1, -0.05) is 0 Å². The van der Waals surface area contributed by atoms with Crippen LogP contribution in [0, 0.1) is 13.8 Å². The second-order valence-electron chi connectivity index (χ2n) is 4.11. The number of carboxylic acid groups (broad SMARTS) is 1. The second kappa shape index (κ2) is 5.06. The zero-order chi connectivity index (χ0) is 14.0. The van der Waals surface area contributed by atoms with Crippen molar-refractivity contribution in [3.05, 3.63) is 41.3 Å². The van der Waals surface area contributed by atoms with Crippen LogP contribution in [0.25, 0.3) is 11.3 Å². The minimum atomic E-state index is -1.02. The predicted molar refractivity (Wildman–Crippen MR) is 70.5 cm³/mol. The molecule has 2 rings (SSSR count). The Morgan fingerprint density at radius 3 is 2.32 bits per heavy atom. The van der Waals surface area contributed by atoms with Crippen LogP contribution in [0.3, 0.4) is 0 Å². The Bertz CT molecular complexity index is 621. The second-order valence-corrected chi connectivity index (χ2v) is 4.11. The Morgan fingerprint density at radius 2 is 1.79 bits per heavy atom. The van der Waals surface area contributed by atoms with Crippen molar-refractivity contribution >= 4 is 5.97 Å². The van der Waals surface area contributed by atoms with Crippen molar-refractivity contribution in [1.29, 1.82) is 0 Å². The number of carboxylic acids is 1. The van der Waals surface area contributed by atoms with Gasteiger partial charge < -0.3 is 9.84 Å². The van der Waals surface area contributed by atoms with E-state index in [1.165, 1.54) is 0 Å². The highest BCUT2D eigenvalue weighted by Crippen LogP contribution is 2.25. The summed E-state index contributed by atoms with van der Waals surface area (Å²) in [6, 6.07) is 7.11. The van der Waals surface area contributed by atoms with E-state index in [4.69, 9.17) is 4.74 Å². The molecule has 5 nitrogen and oxygen atoms in total. The van der Waals surface area contributed by atoms with Gasteiger partial charge in [-0.25, -0.2) is 14.8 Å². The summed E-state index contributed by atoms with van der Waals surface area (Å²) in [7, 11) is 1.58. The molecule has 0 aliphatic rings. The third kappa shape index (κ3) is 2.54. The first kappa shape index (κ1) is 13.0. The SMILES string of the molecule is COc1ccc(-c2nc(C)nc(C)c2C(=O)O)cc1. The molecule has 0 unspecified atom stereocenters. The number of carbonyl (C=O) groups is 1. The van der Waals surface area contributed by atoms with Crippen LogP contribution in [0.15, 0.2) is 24.3 Å². The van der Waals surface area contributed by atoms with E-state index >= 15 is 0 Å². The summed E-state index contributed by atoms with van der Waals surface area (Å²) in [4.78, 5) is 19.7. The molecule has 19 heavy (non-hydrogen) atoms. The summed E-state index contributed by atoms with van der Waals surface area (Å²) in [5.41, 5.74) is 1.76. The Hall–Kier alpha value is -2.43. The molecule has 0 aliphatic heterocycles. The predicted octanol–water partition coefficient (Wildman–Crippen LogP) is 2.47. The molecule has 98 valence electrons. The first-order chi connectivity index (χ1) is 9.02. The molecule has 0 saturated carbocycles. The van der Waals surface area contributed by atoms with E-state index in [0.717, 1.165) is 5.56 Å². The van der Waals surface area contributed by atoms with E-state index in [9.17, 15) is 9.90 Å². The van der Waals surface area contributed by atoms with E-state index in [-0.39, 0.29) is 5.56 Å². The number of aromatic nitrogens is 2. The minimum Gasteiger partial charge on any atom is -0.497 e. The van der Waals surface area contributed by atoms with Crippen LogP contribution in [0.4, 0.5) is 0 Å². The molecule has 0 amide bonds. The monoisotopic (exact) mass is 258 g/mol. The highest BCUT2D eigenvalue weighted by Gasteiger charge is 2.18. The molecule has 0 saturated heterocycles. The van der Waals surface area contributed by atoms with Crippen LogP contribution in [0.5, 0.6) is 5.75 Å². The normalized spacial score (nSPS) is 10.3. The minimum absolute atomic E-state index is 0.135. The molecule has 0 spiro atoms. The van der Waals surface area contributed by atoms with Crippen molar-refractivity contribution < 1.29 is 14.6 Å². The third-order valence-corrected chi connectivity index (χ3v) is 2.78. The molecule has 1 aromatic carbocycles. The summed E-state index contributed by atoms with van der Waals surface area (Å²) < 4.78 is 5.08. The topological polar surface area (TPSA) is 72.3 Å². The molecule has 1 heterocycles. The van der Waals surface area contributed by atoms with Gasteiger partial charge in [0, 0.05) is 5.56 Å². The molecule has 0 bridgehead atoms. The largest absolute Gasteiger partial charge is 0.497 e. The van der Waals surface area contributed by atoms with Gasteiger partial charge in [-0.15, -0.1) is 0 Å². The van der Waals surface area contributed by atoms with Crippen LogP contribution in [-0.2, 0) is 0 Å². The van der Waals surface area contributed by atoms with E-state index in [1.54, 1.807) is 45.2 Å². The van der Waals surface area contributed by atoms with Gasteiger partial charge in [-0.05, 0) is 38.1 Å². The molecule has 0 atom stereocenters. The number of methoxy groups -OCH3 is 1. The highest BCUT2D eigenvalue weighted by molar-refractivity contribution is 5.95. The van der Waals surface area contributed by atoms with Crippen molar-refractivity contribution in [3.8, 4) is 17.0 Å². The zero-order valence-electron chi connectivity index (χ0n) is 11.0. The van der Waals surface area contributed by atoms with Crippen molar-refractivity contribution in [2.45, 2.75) is 13.8 Å². The molecule has 5 heteroatoms. The maximum absolute atomic E-state index is 11.3. The van der Waals surface area contributed by atoms with Gasteiger partial charge in [0.25, 0.3) is 0 Å². The van der Waals surface area contributed by atoms with Crippen molar-refractivity contribution in [1.82, 2.24) is 9.97 Å². The van der Waals surface area contributed by atoms with Crippen LogP contribution in [0.2, 0.25) is 0 Å². The fraction of sp³-hybridized carbons (Fsp3) is 0.214. The Labute approximate surface area is 110 Å². The number of nitrogens with zero attached hydrogens (tertiary/aromatic N) is 2. The highest BCUT2D eigenvalue weighted by atomic mass is 16.5. The molecule has 0 aliphatic carbocycles. The standard InChI is InChI=1S/C14H14N2O3/c1-8-12(14(17)18)13(16-9(2)15-8)10-4-6-11(19-3)7-5-10/h4-7H,1-3H3,(H,17,18). The lowest BCUT2D eigenvalue weighted by molar-refractivity contribution is 0.0696. The summed E-state index contributed by atoms with van der Waals surface area (Å²) in [6.45, 7) is 3.41. The summed E-state index contributed by atoms with van der Waals surface area (Å²) >= 11 is 0. The molecular formula is C14H14N2O3. The van der Waals surface area contributed by atoms with Crippen LogP contribution >= 0.6 is 0 Å². The van der Waals surface area contributed by atoms with Crippen LogP contribution in [-0.4, -0.2) is 28.2 Å². The van der Waals surface area contributed by atoms with E-state index in [1.807, 2.05) is 0 Å². The molecule has 1 aromatic heterocycles. The first-order valence-corrected chi connectivity index (χ1v) is 5.76. The maximum Gasteiger partial charge on any atom is 0.339 e. The summed E-state index contributed by atoms with van der Waals surface area (Å²) in [6.07, 6.45) is 0. The van der Waals surface area contributed by atoms with Crippen molar-refractivity contribution in [2.24, 2.45) is 0 Å². The van der Waals surface area contributed by atoms with Crippen molar-refractivity contribution in [2.75, 3.05) is 7.11 Å². The van der Waals surface area contributed by atoms with E-state index < -0.39 is 5.97 Å². The number of hydrogen-bond donors (Lipinski definition) is 1. The lowest BCUT2D eigenvalue weighted by atomic mass is 10.0. The molecule has 1 N–H and O–H groups in total. The number of hydrogen-bond acceptors (Lipinski definition) is 4. The van der Waals surface area contributed by atoms with Gasteiger partial charge in [0.1, 0.15) is 17.1 Å². The summed E-state index contributed by atoms with van der Waals surface area (Å²) in [5.74, 6) is 0.236. The maximum atomic E-state index is 11.3. The number of rotatable bonds is 3. The smallest absolute Gasteiger partial charge is 0.339 e. The first-order valence-electron chi connectivity index (χ1n) is 5.76. The molecule has 0 radical (unpaired) electrons. The Morgan fingerprint density at radius 1 is 1.16 bits per heavy atom. The Kier molecular flexibility index (Phi) is 3.46. The van der Waals surface area contributed by atoms with Crippen LogP contribution < -0.4 is 4.74 Å².